The summed E-state index contributed by atoms with van der Waals surface area (Å²) >= 11 is 6.00. The molecule has 0 bridgehead atoms. The van der Waals surface area contributed by atoms with E-state index in [4.69, 9.17) is 25.8 Å². The molecule has 69 heavy (non-hydrogen) atoms. The number of unbranched alkanes of at least 4 members (excludes halogenated alkanes) is 1. The van der Waals surface area contributed by atoms with E-state index >= 15 is 0 Å². The van der Waals surface area contributed by atoms with Crippen LogP contribution in [0.25, 0.3) is 22.3 Å². The van der Waals surface area contributed by atoms with Gasteiger partial charge in [0, 0.05) is 35.3 Å². The molecule has 0 saturated heterocycles. The van der Waals surface area contributed by atoms with Gasteiger partial charge in [-0.3, -0.25) is 24.0 Å². The number of ketones is 1. The molecule has 0 aromatic heterocycles. The zero-order chi connectivity index (χ0) is 51.8. The van der Waals surface area contributed by atoms with E-state index in [1.54, 1.807) is 63.2 Å². The number of aliphatic carboxylic acids is 1. The van der Waals surface area contributed by atoms with Crippen LogP contribution in [0.1, 0.15) is 110 Å². The fourth-order valence-corrected chi connectivity index (χ4v) is 6.48. The highest BCUT2D eigenvalue weighted by molar-refractivity contribution is 6.30. The SMILES string of the molecule is CC(=O)[C@H](C)NC(=O)C(c1ccc(OC(=O)OC(C)(C)C)c(-c2cc(CC(C)C(=O)O)ccc2O)c1)N(C)C(=O)CNC(=O)c1ccc(-c2ccc(Cl)cc2)cc1.CCCCNC(=O)OC(C)(C)C. The zero-order valence-electron chi connectivity index (χ0n) is 41.2. The van der Waals surface area contributed by atoms with Gasteiger partial charge in [0.05, 0.1) is 18.5 Å². The first-order chi connectivity index (χ1) is 32.2. The van der Waals surface area contributed by atoms with Gasteiger partial charge in [-0.15, -0.1) is 0 Å². The molecule has 0 heterocycles. The third-order valence-electron chi connectivity index (χ3n) is 10.1. The molecule has 4 amide bonds. The lowest BCUT2D eigenvalue weighted by Crippen LogP contribution is -2.48. The lowest BCUT2D eigenvalue weighted by Gasteiger charge is -2.29. The average molecular weight is 974 g/mol. The second-order valence-electron chi connectivity index (χ2n) is 18.4. The summed E-state index contributed by atoms with van der Waals surface area (Å²) in [6.07, 6.45) is 0.804. The van der Waals surface area contributed by atoms with Crippen LogP contribution in [0.15, 0.2) is 84.9 Å². The fraction of sp³-hybridized carbons (Fsp3) is 0.404. The predicted molar refractivity (Wildman–Crippen MR) is 263 cm³/mol. The Kier molecular flexibility index (Phi) is 20.8. The Morgan fingerprint density at radius 2 is 1.36 bits per heavy atom. The largest absolute Gasteiger partial charge is 0.514 e. The Labute approximate surface area is 409 Å². The summed E-state index contributed by atoms with van der Waals surface area (Å²) in [6.45, 7) is 17.1. The van der Waals surface area contributed by atoms with Crippen molar-refractivity contribution in [3.05, 3.63) is 107 Å². The first-order valence-electron chi connectivity index (χ1n) is 22.5. The van der Waals surface area contributed by atoms with Crippen molar-refractivity contribution in [3.63, 3.8) is 0 Å². The van der Waals surface area contributed by atoms with Gasteiger partial charge in [-0.1, -0.05) is 68.3 Å². The van der Waals surface area contributed by atoms with Crippen LogP contribution in [0.4, 0.5) is 9.59 Å². The van der Waals surface area contributed by atoms with Crippen LogP contribution in [0, 0.1) is 5.92 Å². The van der Waals surface area contributed by atoms with Crippen LogP contribution in [-0.2, 0) is 35.1 Å². The Hall–Kier alpha value is -6.94. The highest BCUT2D eigenvalue weighted by Gasteiger charge is 2.32. The van der Waals surface area contributed by atoms with Gasteiger partial charge < -0.3 is 45.3 Å². The molecule has 0 fully saturated rings. The highest BCUT2D eigenvalue weighted by atomic mass is 35.5. The minimum Gasteiger partial charge on any atom is -0.507 e. The number of halogens is 1. The number of likely N-dealkylation sites (N-methyl/N-ethyl adjacent to an activating group) is 1. The van der Waals surface area contributed by atoms with Crippen molar-refractivity contribution in [1.29, 1.82) is 0 Å². The second kappa shape index (κ2) is 25.4. The van der Waals surface area contributed by atoms with Gasteiger partial charge in [-0.25, -0.2) is 9.59 Å². The number of benzene rings is 4. The van der Waals surface area contributed by atoms with Gasteiger partial charge in [0.15, 0.2) is 5.78 Å². The molecule has 0 aliphatic heterocycles. The molecule has 16 nitrogen and oxygen atoms in total. The van der Waals surface area contributed by atoms with E-state index in [0.29, 0.717) is 17.1 Å². The molecular formula is C52H65ClN4O12. The van der Waals surface area contributed by atoms with Crippen LogP contribution < -0.4 is 20.7 Å². The molecule has 0 spiro atoms. The summed E-state index contributed by atoms with van der Waals surface area (Å²) in [4.78, 5) is 89.5. The average Bonchev–Trinajstić information content (AvgIpc) is 3.25. The highest BCUT2D eigenvalue weighted by Crippen LogP contribution is 2.40. The number of carboxylic acid groups (broad SMARTS) is 1. The monoisotopic (exact) mass is 972 g/mol. The smallest absolute Gasteiger partial charge is 0.507 e. The summed E-state index contributed by atoms with van der Waals surface area (Å²) in [6, 6.07) is 20.3. The molecule has 2 unspecified atom stereocenters. The van der Waals surface area contributed by atoms with Gasteiger partial charge in [0.25, 0.3) is 5.91 Å². The first-order valence-corrected chi connectivity index (χ1v) is 22.8. The van der Waals surface area contributed by atoms with Crippen molar-refractivity contribution < 1.29 is 58.0 Å². The van der Waals surface area contributed by atoms with E-state index in [0.717, 1.165) is 28.9 Å². The van der Waals surface area contributed by atoms with Gasteiger partial charge >= 0.3 is 18.2 Å². The number of phenols is 1. The maximum atomic E-state index is 13.9. The third-order valence-corrected chi connectivity index (χ3v) is 10.4. The Morgan fingerprint density at radius 3 is 1.91 bits per heavy atom. The van der Waals surface area contributed by atoms with E-state index in [2.05, 4.69) is 22.9 Å². The van der Waals surface area contributed by atoms with Crippen molar-refractivity contribution in [2.45, 2.75) is 112 Å². The second-order valence-corrected chi connectivity index (χ2v) is 18.9. The molecule has 372 valence electrons. The Morgan fingerprint density at radius 1 is 0.768 bits per heavy atom. The Balaban J connectivity index is 0.000000922. The Bertz CT molecular complexity index is 2440. The molecule has 5 N–H and O–H groups in total. The number of carboxylic acids is 1. The maximum absolute atomic E-state index is 13.9. The van der Waals surface area contributed by atoms with Gasteiger partial charge in [-0.05, 0) is 139 Å². The van der Waals surface area contributed by atoms with E-state index < -0.39 is 65.6 Å². The number of hydrogen-bond acceptors (Lipinski definition) is 11. The van der Waals surface area contributed by atoms with Crippen molar-refractivity contribution in [2.75, 3.05) is 20.1 Å². The third kappa shape index (κ3) is 18.6. The van der Waals surface area contributed by atoms with Crippen molar-refractivity contribution in [3.8, 4) is 33.8 Å². The molecule has 0 saturated carbocycles. The van der Waals surface area contributed by atoms with E-state index in [9.17, 15) is 43.8 Å². The molecule has 0 aliphatic carbocycles. The van der Waals surface area contributed by atoms with E-state index in [-0.39, 0.29) is 52.1 Å². The van der Waals surface area contributed by atoms with Crippen molar-refractivity contribution in [1.82, 2.24) is 20.9 Å². The number of carbonyl (C=O) groups is 7. The summed E-state index contributed by atoms with van der Waals surface area (Å²) in [5, 5.41) is 29.1. The summed E-state index contributed by atoms with van der Waals surface area (Å²) in [5.41, 5.74) is 1.69. The van der Waals surface area contributed by atoms with Crippen LogP contribution in [0.3, 0.4) is 0 Å². The van der Waals surface area contributed by atoms with Gasteiger partial charge in [0.1, 0.15) is 28.7 Å². The lowest BCUT2D eigenvalue weighted by atomic mass is 9.93. The number of hydrogen-bond donors (Lipinski definition) is 5. The predicted octanol–water partition coefficient (Wildman–Crippen LogP) is 9.29. The molecule has 4 aromatic carbocycles. The first kappa shape index (κ1) is 56.4. The quantitative estimate of drug-likeness (QED) is 0.0379. The topological polar surface area (TPSA) is 227 Å². The van der Waals surface area contributed by atoms with E-state index in [1.165, 1.54) is 58.2 Å². The summed E-state index contributed by atoms with van der Waals surface area (Å²) in [7, 11) is 1.36. The molecule has 0 aliphatic rings. The molecule has 3 atom stereocenters. The van der Waals surface area contributed by atoms with Crippen molar-refractivity contribution >= 4 is 53.3 Å². The van der Waals surface area contributed by atoms with Gasteiger partial charge in [0.2, 0.25) is 11.8 Å². The molecule has 0 radical (unpaired) electrons. The van der Waals surface area contributed by atoms with Crippen LogP contribution >= 0.6 is 11.6 Å². The molecular weight excluding hydrogens is 908 g/mol. The normalized spacial score (nSPS) is 12.4. The number of alkyl carbamates (subject to hydrolysis) is 1. The van der Waals surface area contributed by atoms with Crippen LogP contribution in [-0.4, -0.2) is 94.2 Å². The van der Waals surface area contributed by atoms with E-state index in [1.807, 2.05) is 32.9 Å². The van der Waals surface area contributed by atoms with Crippen LogP contribution in [0.2, 0.25) is 5.02 Å². The molecule has 17 heteroatoms. The number of ether oxygens (including phenoxy) is 3. The number of nitrogens with zero attached hydrogens (tertiary/aromatic N) is 1. The number of Topliss-reactive ketones (excluding diaryl/α,β-unsaturated/α-hetero) is 1. The number of rotatable bonds is 17. The van der Waals surface area contributed by atoms with Gasteiger partial charge in [-0.2, -0.15) is 0 Å². The van der Waals surface area contributed by atoms with Crippen LogP contribution in [0.5, 0.6) is 11.5 Å². The zero-order valence-corrected chi connectivity index (χ0v) is 41.9. The number of nitrogens with one attached hydrogen (secondary N) is 3. The minimum absolute atomic E-state index is 0.0775. The number of amides is 4. The lowest BCUT2D eigenvalue weighted by molar-refractivity contribution is -0.141. The molecule has 4 aromatic rings. The summed E-state index contributed by atoms with van der Waals surface area (Å²) in [5.74, 6) is -4.41. The number of phenolic OH excluding ortho intramolecular Hbond substituents is 1. The minimum atomic E-state index is -1.40. The standard InChI is InChI=1S/C43H46ClN3O10.C9H19NO2/c1-24(41(53)54)20-27-8-18-35(49)33(21-27)34-22-31(15-19-36(34)56-42(55)57-43(4,5)6)38(40(52)46-25(2)26(3)48)47(7)37(50)23-45-39(51)30-11-9-28(10-12-30)29-13-16-32(44)17-14-29;1-5-6-7-10-8(11)12-9(2,3)4/h8-19,21-22,24-25,38,49H,20,23H2,1-7H3,(H,45,51)(H,46,52)(H,53,54);5-7H2,1-4H3,(H,10,11)/t24?,25-,38?;/m0./s1. The number of aromatic hydroxyl groups is 1. The van der Waals surface area contributed by atoms with Crippen molar-refractivity contribution in [2.24, 2.45) is 5.92 Å². The number of carbonyl (C=O) groups excluding carboxylic acids is 6. The molecule has 4 rings (SSSR count). The fourth-order valence-electron chi connectivity index (χ4n) is 6.35. The maximum Gasteiger partial charge on any atom is 0.514 e. The summed E-state index contributed by atoms with van der Waals surface area (Å²) < 4.78 is 16.0.